The van der Waals surface area contributed by atoms with Crippen LogP contribution in [0.5, 0.6) is 0 Å². The molecule has 0 aliphatic carbocycles. The van der Waals surface area contributed by atoms with Crippen LogP contribution in [0.1, 0.15) is 38.5 Å². The standard InChI is InChI=1S/C15H24N2O2/c18-11-4-5-14-12-7-10(8-16(14)9-11)13-3-1-2-6-17(13)15(12)19/h10,12-15,19H,1-9H2. The minimum absolute atomic E-state index is 0.262. The molecule has 4 rings (SSSR count). The van der Waals surface area contributed by atoms with Gasteiger partial charge in [-0.1, -0.05) is 6.42 Å². The second-order valence-corrected chi connectivity index (χ2v) is 6.95. The molecule has 0 spiro atoms. The number of fused-ring (bicyclic) bond motifs is 6. The van der Waals surface area contributed by atoms with E-state index in [1.807, 2.05) is 0 Å². The van der Waals surface area contributed by atoms with Crippen LogP contribution in [0.2, 0.25) is 0 Å². The summed E-state index contributed by atoms with van der Waals surface area (Å²) >= 11 is 0. The van der Waals surface area contributed by atoms with Crippen LogP contribution in [0.15, 0.2) is 0 Å². The van der Waals surface area contributed by atoms with Gasteiger partial charge >= 0.3 is 0 Å². The Bertz CT molecular complexity index is 386. The van der Waals surface area contributed by atoms with Gasteiger partial charge in [-0.3, -0.25) is 14.6 Å². The Morgan fingerprint density at radius 3 is 2.95 bits per heavy atom. The number of carbonyl (C=O) groups is 1. The van der Waals surface area contributed by atoms with Crippen molar-refractivity contribution in [3.63, 3.8) is 0 Å². The van der Waals surface area contributed by atoms with Gasteiger partial charge in [0.1, 0.15) is 12.0 Å². The lowest BCUT2D eigenvalue weighted by Crippen LogP contribution is -2.67. The van der Waals surface area contributed by atoms with E-state index in [2.05, 4.69) is 9.80 Å². The zero-order chi connectivity index (χ0) is 13.0. The number of ketones is 1. The molecule has 2 bridgehead atoms. The fourth-order valence-corrected chi connectivity index (χ4v) is 5.14. The molecule has 0 aromatic carbocycles. The second-order valence-electron chi connectivity index (χ2n) is 6.95. The molecule has 5 unspecified atom stereocenters. The molecule has 4 fully saturated rings. The number of aliphatic hydroxyl groups is 1. The Morgan fingerprint density at radius 2 is 2.05 bits per heavy atom. The van der Waals surface area contributed by atoms with E-state index >= 15 is 0 Å². The minimum atomic E-state index is -0.262. The molecular weight excluding hydrogens is 240 g/mol. The topological polar surface area (TPSA) is 43.8 Å². The Hall–Kier alpha value is -0.450. The molecule has 106 valence electrons. The highest BCUT2D eigenvalue weighted by Crippen LogP contribution is 2.44. The quantitative estimate of drug-likeness (QED) is 0.704. The van der Waals surface area contributed by atoms with Crippen LogP contribution in [-0.4, -0.2) is 58.6 Å². The minimum Gasteiger partial charge on any atom is -0.378 e. The lowest BCUT2D eigenvalue weighted by atomic mass is 9.70. The van der Waals surface area contributed by atoms with E-state index < -0.39 is 0 Å². The Balaban J connectivity index is 1.61. The fourth-order valence-electron chi connectivity index (χ4n) is 5.14. The summed E-state index contributed by atoms with van der Waals surface area (Å²) in [5, 5.41) is 10.7. The maximum absolute atomic E-state index is 11.7. The normalized spacial score (nSPS) is 47.6. The molecule has 4 saturated heterocycles. The zero-order valence-corrected chi connectivity index (χ0v) is 11.5. The SMILES string of the molecule is O=C1CCC2C3CC(CN2C1)C1CCCCN1C3O. The average Bonchev–Trinajstić information content (AvgIpc) is 2.44. The third kappa shape index (κ3) is 1.88. The summed E-state index contributed by atoms with van der Waals surface area (Å²) in [6, 6.07) is 1.02. The summed E-state index contributed by atoms with van der Waals surface area (Å²) in [7, 11) is 0. The van der Waals surface area contributed by atoms with Gasteiger partial charge in [0, 0.05) is 37.5 Å². The number of aliphatic hydroxyl groups excluding tert-OH is 1. The van der Waals surface area contributed by atoms with Crippen molar-refractivity contribution in [1.29, 1.82) is 0 Å². The number of nitrogens with zero attached hydrogens (tertiary/aromatic N) is 2. The van der Waals surface area contributed by atoms with Gasteiger partial charge in [0.2, 0.25) is 0 Å². The summed E-state index contributed by atoms with van der Waals surface area (Å²) in [5.74, 6) is 1.45. The van der Waals surface area contributed by atoms with Crippen molar-refractivity contribution in [2.45, 2.75) is 56.8 Å². The zero-order valence-electron chi connectivity index (χ0n) is 11.5. The number of hydrogen-bond acceptors (Lipinski definition) is 4. The van der Waals surface area contributed by atoms with Crippen LogP contribution in [0, 0.1) is 11.8 Å². The highest BCUT2D eigenvalue weighted by atomic mass is 16.3. The second kappa shape index (κ2) is 4.54. The van der Waals surface area contributed by atoms with Crippen LogP contribution in [0.4, 0.5) is 0 Å². The van der Waals surface area contributed by atoms with Crippen molar-refractivity contribution in [3.05, 3.63) is 0 Å². The van der Waals surface area contributed by atoms with Gasteiger partial charge in [-0.2, -0.15) is 0 Å². The van der Waals surface area contributed by atoms with Crippen molar-refractivity contribution >= 4 is 5.78 Å². The summed E-state index contributed by atoms with van der Waals surface area (Å²) in [4.78, 5) is 16.5. The van der Waals surface area contributed by atoms with Crippen molar-refractivity contribution in [2.75, 3.05) is 19.6 Å². The van der Waals surface area contributed by atoms with E-state index in [0.717, 1.165) is 25.9 Å². The Kier molecular flexibility index (Phi) is 2.94. The monoisotopic (exact) mass is 264 g/mol. The lowest BCUT2D eigenvalue weighted by Gasteiger charge is -2.58. The van der Waals surface area contributed by atoms with Crippen molar-refractivity contribution in [2.24, 2.45) is 11.8 Å². The number of Topliss-reactive ketones (excluding diaryl/α,β-unsaturated/α-hetero) is 1. The third-order valence-corrected chi connectivity index (χ3v) is 5.96. The molecule has 4 aliphatic rings. The molecule has 5 atom stereocenters. The van der Waals surface area contributed by atoms with E-state index in [-0.39, 0.29) is 6.23 Å². The average molecular weight is 264 g/mol. The maximum Gasteiger partial charge on any atom is 0.146 e. The first-order chi connectivity index (χ1) is 9.24. The highest BCUT2D eigenvalue weighted by Gasteiger charge is 2.51. The number of hydrogen-bond donors (Lipinski definition) is 1. The highest BCUT2D eigenvalue weighted by molar-refractivity contribution is 5.81. The molecule has 0 aromatic heterocycles. The van der Waals surface area contributed by atoms with Gasteiger partial charge in [-0.15, -0.1) is 0 Å². The fraction of sp³-hybridized carbons (Fsp3) is 0.933. The van der Waals surface area contributed by atoms with Crippen LogP contribution in [0.25, 0.3) is 0 Å². The molecular formula is C15H24N2O2. The smallest absolute Gasteiger partial charge is 0.146 e. The van der Waals surface area contributed by atoms with E-state index in [4.69, 9.17) is 0 Å². The van der Waals surface area contributed by atoms with Crippen LogP contribution < -0.4 is 0 Å². The van der Waals surface area contributed by atoms with E-state index in [9.17, 15) is 9.90 Å². The molecule has 19 heavy (non-hydrogen) atoms. The number of rotatable bonds is 0. The summed E-state index contributed by atoms with van der Waals surface area (Å²) < 4.78 is 0. The van der Waals surface area contributed by atoms with Gasteiger partial charge in [-0.25, -0.2) is 0 Å². The predicted octanol–water partition coefficient (Wildman–Crippen LogP) is 0.842. The van der Waals surface area contributed by atoms with Gasteiger partial charge in [0.15, 0.2) is 0 Å². The lowest BCUT2D eigenvalue weighted by molar-refractivity contribution is -0.179. The summed E-state index contributed by atoms with van der Waals surface area (Å²) in [5.41, 5.74) is 0. The molecule has 4 heterocycles. The van der Waals surface area contributed by atoms with E-state index in [1.54, 1.807) is 0 Å². The van der Waals surface area contributed by atoms with Crippen LogP contribution in [0.3, 0.4) is 0 Å². The molecule has 4 heteroatoms. The maximum atomic E-state index is 11.7. The molecule has 4 nitrogen and oxygen atoms in total. The first-order valence-electron chi connectivity index (χ1n) is 7.93. The molecule has 0 amide bonds. The van der Waals surface area contributed by atoms with Crippen molar-refractivity contribution in [3.8, 4) is 0 Å². The molecule has 0 radical (unpaired) electrons. The van der Waals surface area contributed by atoms with Crippen LogP contribution >= 0.6 is 0 Å². The van der Waals surface area contributed by atoms with Crippen LogP contribution in [-0.2, 0) is 4.79 Å². The van der Waals surface area contributed by atoms with Gasteiger partial charge in [-0.05, 0) is 31.6 Å². The first-order valence-corrected chi connectivity index (χ1v) is 7.93. The van der Waals surface area contributed by atoms with Crippen molar-refractivity contribution < 1.29 is 9.90 Å². The van der Waals surface area contributed by atoms with Gasteiger partial charge in [0.05, 0.1) is 6.54 Å². The Labute approximate surface area is 114 Å². The van der Waals surface area contributed by atoms with Gasteiger partial charge in [0.25, 0.3) is 0 Å². The third-order valence-electron chi connectivity index (χ3n) is 5.96. The summed E-state index contributed by atoms with van der Waals surface area (Å²) in [6.45, 7) is 2.79. The molecule has 0 saturated carbocycles. The molecule has 4 aliphatic heterocycles. The van der Waals surface area contributed by atoms with E-state index in [0.29, 0.717) is 36.2 Å². The first kappa shape index (κ1) is 12.3. The molecule has 1 N–H and O–H groups in total. The van der Waals surface area contributed by atoms with Crippen molar-refractivity contribution in [1.82, 2.24) is 9.80 Å². The summed E-state index contributed by atoms with van der Waals surface area (Å²) in [6.07, 6.45) is 6.38. The van der Waals surface area contributed by atoms with E-state index in [1.165, 1.54) is 25.7 Å². The predicted molar refractivity (Wildman–Crippen MR) is 71.6 cm³/mol. The molecule has 0 aromatic rings. The number of piperidine rings is 4. The van der Waals surface area contributed by atoms with Gasteiger partial charge < -0.3 is 5.11 Å². The number of carbonyl (C=O) groups excluding carboxylic acids is 1. The Morgan fingerprint density at radius 1 is 1.16 bits per heavy atom. The largest absolute Gasteiger partial charge is 0.378 e.